The van der Waals surface area contributed by atoms with Crippen LogP contribution < -0.4 is 4.74 Å². The number of para-hydroxylation sites is 1. The van der Waals surface area contributed by atoms with Crippen molar-refractivity contribution in [2.24, 2.45) is 0 Å². The van der Waals surface area contributed by atoms with Crippen LogP contribution in [0.5, 0.6) is 11.5 Å². The fourth-order valence-electron chi connectivity index (χ4n) is 1.75. The molecule has 0 fully saturated rings. The van der Waals surface area contributed by atoms with E-state index in [1.165, 1.54) is 5.39 Å². The molecule has 17 heavy (non-hydrogen) atoms. The molecule has 0 saturated carbocycles. The fraction of sp³-hybridized carbons (Fsp3) is 0. The van der Waals surface area contributed by atoms with Crippen molar-refractivity contribution in [3.63, 3.8) is 0 Å². The first-order chi connectivity index (χ1) is 8.42. The summed E-state index contributed by atoms with van der Waals surface area (Å²) in [7, 11) is 0. The number of hydrogen-bond acceptors (Lipinski definition) is 2. The number of hydrogen-bond donors (Lipinski definition) is 0. The van der Waals surface area contributed by atoms with Crippen molar-refractivity contribution in [3.05, 3.63) is 67.0 Å². The first kappa shape index (κ1) is 9.85. The largest absolute Gasteiger partial charge is 0.457 e. The molecular formula is C15H11NO. The van der Waals surface area contributed by atoms with Gasteiger partial charge in [-0.3, -0.25) is 4.98 Å². The van der Waals surface area contributed by atoms with E-state index in [9.17, 15) is 0 Å². The van der Waals surface area contributed by atoms with Crippen molar-refractivity contribution in [1.29, 1.82) is 0 Å². The molecule has 0 aliphatic carbocycles. The van der Waals surface area contributed by atoms with Gasteiger partial charge in [-0.05, 0) is 35.7 Å². The maximum Gasteiger partial charge on any atom is 0.128 e. The van der Waals surface area contributed by atoms with Gasteiger partial charge in [-0.25, -0.2) is 0 Å². The summed E-state index contributed by atoms with van der Waals surface area (Å²) in [6, 6.07) is 17.7. The molecule has 0 atom stereocenters. The fourth-order valence-corrected chi connectivity index (χ4v) is 1.75. The zero-order valence-electron chi connectivity index (χ0n) is 9.21. The van der Waals surface area contributed by atoms with Gasteiger partial charge in [0.25, 0.3) is 0 Å². The van der Waals surface area contributed by atoms with Gasteiger partial charge in [0, 0.05) is 17.8 Å². The Kier molecular flexibility index (Phi) is 2.47. The van der Waals surface area contributed by atoms with E-state index in [-0.39, 0.29) is 0 Å². The minimum Gasteiger partial charge on any atom is -0.457 e. The summed E-state index contributed by atoms with van der Waals surface area (Å²) >= 11 is 0. The Morgan fingerprint density at radius 3 is 2.53 bits per heavy atom. The molecule has 0 unspecified atom stereocenters. The molecule has 3 rings (SSSR count). The Hall–Kier alpha value is -2.35. The summed E-state index contributed by atoms with van der Waals surface area (Å²) in [5.41, 5.74) is 0. The molecule has 1 aromatic heterocycles. The second-order valence-corrected chi connectivity index (χ2v) is 3.80. The van der Waals surface area contributed by atoms with Crippen molar-refractivity contribution in [2.75, 3.05) is 0 Å². The zero-order chi connectivity index (χ0) is 11.5. The summed E-state index contributed by atoms with van der Waals surface area (Å²) in [6.07, 6.45) is 3.63. The van der Waals surface area contributed by atoms with Crippen LogP contribution in [0.4, 0.5) is 0 Å². The van der Waals surface area contributed by atoms with E-state index >= 15 is 0 Å². The van der Waals surface area contributed by atoms with E-state index in [4.69, 9.17) is 4.74 Å². The minimum atomic E-state index is 0.830. The van der Waals surface area contributed by atoms with E-state index in [2.05, 4.69) is 4.98 Å². The number of pyridine rings is 1. The monoisotopic (exact) mass is 221 g/mol. The molecule has 0 aliphatic rings. The topological polar surface area (TPSA) is 22.1 Å². The molecule has 0 amide bonds. The summed E-state index contributed by atoms with van der Waals surface area (Å²) in [5, 5.41) is 2.25. The molecule has 0 bridgehead atoms. The normalized spacial score (nSPS) is 10.4. The van der Waals surface area contributed by atoms with Crippen LogP contribution >= 0.6 is 0 Å². The standard InChI is InChI=1S/C15H11NO/c1-2-4-14(5-3-1)17-15-7-6-12-8-9-16-11-13(12)10-15/h1-11H. The van der Waals surface area contributed by atoms with Gasteiger partial charge in [0.1, 0.15) is 11.5 Å². The first-order valence-electron chi connectivity index (χ1n) is 5.48. The maximum absolute atomic E-state index is 5.76. The average molecular weight is 221 g/mol. The van der Waals surface area contributed by atoms with Gasteiger partial charge in [-0.1, -0.05) is 24.3 Å². The van der Waals surface area contributed by atoms with Crippen LogP contribution in [0.3, 0.4) is 0 Å². The minimum absolute atomic E-state index is 0.830. The Morgan fingerprint density at radius 2 is 1.65 bits per heavy atom. The predicted molar refractivity (Wildman–Crippen MR) is 68.3 cm³/mol. The lowest BCUT2D eigenvalue weighted by molar-refractivity contribution is 0.483. The van der Waals surface area contributed by atoms with Crippen molar-refractivity contribution >= 4 is 10.8 Å². The third-order valence-corrected chi connectivity index (χ3v) is 2.59. The van der Waals surface area contributed by atoms with Crippen LogP contribution in [0, 0.1) is 0 Å². The first-order valence-corrected chi connectivity index (χ1v) is 5.48. The molecule has 0 aliphatic heterocycles. The summed E-state index contributed by atoms with van der Waals surface area (Å²) in [6.45, 7) is 0. The highest BCUT2D eigenvalue weighted by atomic mass is 16.5. The quantitative estimate of drug-likeness (QED) is 0.651. The van der Waals surface area contributed by atoms with Crippen LogP contribution in [0.2, 0.25) is 0 Å². The molecule has 2 heteroatoms. The third kappa shape index (κ3) is 2.11. The Labute approximate surface area is 99.5 Å². The SMILES string of the molecule is c1ccc(Oc2ccc3ccncc3c2)cc1. The van der Waals surface area contributed by atoms with Crippen molar-refractivity contribution in [3.8, 4) is 11.5 Å². The third-order valence-electron chi connectivity index (χ3n) is 2.59. The van der Waals surface area contributed by atoms with E-state index in [0.717, 1.165) is 16.9 Å². The van der Waals surface area contributed by atoms with Crippen LogP contribution in [-0.2, 0) is 0 Å². The van der Waals surface area contributed by atoms with Gasteiger partial charge in [0.2, 0.25) is 0 Å². The lowest BCUT2D eigenvalue weighted by Crippen LogP contribution is -1.84. The van der Waals surface area contributed by atoms with Gasteiger partial charge < -0.3 is 4.74 Å². The van der Waals surface area contributed by atoms with E-state index in [1.54, 1.807) is 6.20 Å². The predicted octanol–water partition coefficient (Wildman–Crippen LogP) is 4.03. The molecule has 2 nitrogen and oxygen atoms in total. The van der Waals surface area contributed by atoms with Crippen molar-refractivity contribution < 1.29 is 4.74 Å². The van der Waals surface area contributed by atoms with E-state index < -0.39 is 0 Å². The number of nitrogens with zero attached hydrogens (tertiary/aromatic N) is 1. The van der Waals surface area contributed by atoms with E-state index in [1.807, 2.05) is 60.8 Å². The summed E-state index contributed by atoms with van der Waals surface area (Å²) in [5.74, 6) is 1.67. The number of rotatable bonds is 2. The highest BCUT2D eigenvalue weighted by Gasteiger charge is 1.98. The Balaban J connectivity index is 1.96. The summed E-state index contributed by atoms with van der Waals surface area (Å²) in [4.78, 5) is 4.11. The molecule has 3 aromatic rings. The summed E-state index contributed by atoms with van der Waals surface area (Å²) < 4.78 is 5.76. The van der Waals surface area contributed by atoms with Gasteiger partial charge >= 0.3 is 0 Å². The maximum atomic E-state index is 5.76. The second-order valence-electron chi connectivity index (χ2n) is 3.80. The molecule has 0 N–H and O–H groups in total. The smallest absolute Gasteiger partial charge is 0.128 e. The number of aromatic nitrogens is 1. The van der Waals surface area contributed by atoms with Crippen LogP contribution in [0.1, 0.15) is 0 Å². The second kappa shape index (κ2) is 4.26. The van der Waals surface area contributed by atoms with Gasteiger partial charge in [0.15, 0.2) is 0 Å². The Bertz CT molecular complexity index is 635. The molecule has 0 radical (unpaired) electrons. The van der Waals surface area contributed by atoms with E-state index in [0.29, 0.717) is 0 Å². The molecule has 1 heterocycles. The van der Waals surface area contributed by atoms with Crippen LogP contribution in [0.15, 0.2) is 67.0 Å². The molecule has 0 saturated heterocycles. The van der Waals surface area contributed by atoms with Gasteiger partial charge in [0.05, 0.1) is 0 Å². The lowest BCUT2D eigenvalue weighted by Gasteiger charge is -2.06. The lowest BCUT2D eigenvalue weighted by atomic mass is 10.2. The zero-order valence-corrected chi connectivity index (χ0v) is 9.21. The van der Waals surface area contributed by atoms with Crippen LogP contribution in [-0.4, -0.2) is 4.98 Å². The van der Waals surface area contributed by atoms with Crippen LogP contribution in [0.25, 0.3) is 10.8 Å². The van der Waals surface area contributed by atoms with Crippen molar-refractivity contribution in [2.45, 2.75) is 0 Å². The number of fused-ring (bicyclic) bond motifs is 1. The average Bonchev–Trinajstić information content (AvgIpc) is 2.40. The molecular weight excluding hydrogens is 210 g/mol. The number of benzene rings is 2. The molecule has 2 aromatic carbocycles. The highest BCUT2D eigenvalue weighted by molar-refractivity contribution is 5.82. The molecule has 82 valence electrons. The van der Waals surface area contributed by atoms with Crippen molar-refractivity contribution in [1.82, 2.24) is 4.98 Å². The van der Waals surface area contributed by atoms with Gasteiger partial charge in [-0.15, -0.1) is 0 Å². The molecule has 0 spiro atoms. The van der Waals surface area contributed by atoms with Gasteiger partial charge in [-0.2, -0.15) is 0 Å². The number of ether oxygens (including phenoxy) is 1. The Morgan fingerprint density at radius 1 is 0.765 bits per heavy atom. The highest BCUT2D eigenvalue weighted by Crippen LogP contribution is 2.24.